The van der Waals surface area contributed by atoms with Crippen LogP contribution in [0.25, 0.3) is 0 Å². The predicted octanol–water partition coefficient (Wildman–Crippen LogP) is 3.44. The minimum absolute atomic E-state index is 0.0154. The Labute approximate surface area is 178 Å². The first kappa shape index (κ1) is 23.4. The van der Waals surface area contributed by atoms with Gasteiger partial charge in [0, 0.05) is 25.6 Å². The van der Waals surface area contributed by atoms with E-state index in [1.807, 2.05) is 30.2 Å². The van der Waals surface area contributed by atoms with Crippen LogP contribution in [0.3, 0.4) is 0 Å². The number of nitrogens with one attached hydrogen (secondary N) is 2. The van der Waals surface area contributed by atoms with Crippen LogP contribution in [-0.2, 0) is 9.59 Å². The second kappa shape index (κ2) is 10.2. The summed E-state index contributed by atoms with van der Waals surface area (Å²) in [5.74, 6) is -0.167. The number of carbonyl (C=O) groups excluding carboxylic acids is 3. The molecule has 2 rings (SSSR count). The normalized spacial score (nSPS) is 17.5. The number of amides is 3. The number of rotatable bonds is 7. The van der Waals surface area contributed by atoms with Crippen LogP contribution in [0.2, 0.25) is 0 Å². The third-order valence-electron chi connectivity index (χ3n) is 5.36. The van der Waals surface area contributed by atoms with Crippen LogP contribution in [0.15, 0.2) is 17.5 Å². The minimum Gasteiger partial charge on any atom is -0.352 e. The third-order valence-corrected chi connectivity index (χ3v) is 6.23. The molecule has 0 aliphatic carbocycles. The molecule has 0 aromatic carbocycles. The molecule has 1 aliphatic heterocycles. The highest BCUT2D eigenvalue weighted by atomic mass is 32.1. The summed E-state index contributed by atoms with van der Waals surface area (Å²) in [6, 6.07) is 3.06. The average molecular weight is 422 g/mol. The van der Waals surface area contributed by atoms with Gasteiger partial charge in [-0.25, -0.2) is 0 Å². The fraction of sp³-hybridized carbons (Fsp3) is 0.682. The Balaban J connectivity index is 2.04. The van der Waals surface area contributed by atoms with Gasteiger partial charge in [0.1, 0.15) is 6.04 Å². The summed E-state index contributed by atoms with van der Waals surface area (Å²) in [6.07, 6.45) is 2.76. The molecule has 1 aliphatic rings. The van der Waals surface area contributed by atoms with Gasteiger partial charge < -0.3 is 15.5 Å². The lowest BCUT2D eigenvalue weighted by atomic mass is 9.87. The second-order valence-electron chi connectivity index (χ2n) is 9.20. The van der Waals surface area contributed by atoms with Gasteiger partial charge in [-0.1, -0.05) is 33.8 Å². The molecule has 0 spiro atoms. The number of likely N-dealkylation sites (tertiary alicyclic amines) is 1. The summed E-state index contributed by atoms with van der Waals surface area (Å²) in [4.78, 5) is 40.5. The Hall–Kier alpha value is -1.89. The second-order valence-corrected chi connectivity index (χ2v) is 10.1. The summed E-state index contributed by atoms with van der Waals surface area (Å²) >= 11 is 1.36. The van der Waals surface area contributed by atoms with Crippen LogP contribution in [0.1, 0.15) is 70.0 Å². The van der Waals surface area contributed by atoms with Crippen molar-refractivity contribution < 1.29 is 14.4 Å². The summed E-state index contributed by atoms with van der Waals surface area (Å²) < 4.78 is 0. The van der Waals surface area contributed by atoms with Crippen LogP contribution in [0, 0.1) is 11.3 Å². The number of hydrogen-bond donors (Lipinski definition) is 2. The van der Waals surface area contributed by atoms with Crippen molar-refractivity contribution in [3.63, 3.8) is 0 Å². The standard InChI is InChI=1S/C22H35N3O3S/c1-6-15(2)23-21(28)19(24-20(27)17-8-7-13-29-17)16-9-11-25(12-10-16)18(26)14-22(3,4)5/h7-8,13,15-16,19H,6,9-12,14H2,1-5H3,(H,23,28)(H,24,27)/t15-,19-/m0/s1. The molecule has 29 heavy (non-hydrogen) atoms. The Kier molecular flexibility index (Phi) is 8.25. The van der Waals surface area contributed by atoms with Gasteiger partial charge in [0.15, 0.2) is 0 Å². The maximum Gasteiger partial charge on any atom is 0.262 e. The zero-order valence-corrected chi connectivity index (χ0v) is 19.1. The predicted molar refractivity (Wildman–Crippen MR) is 117 cm³/mol. The molecule has 0 bridgehead atoms. The summed E-state index contributed by atoms with van der Waals surface area (Å²) in [6.45, 7) is 11.4. The van der Waals surface area contributed by atoms with Crippen molar-refractivity contribution in [3.05, 3.63) is 22.4 Å². The van der Waals surface area contributed by atoms with E-state index >= 15 is 0 Å². The van der Waals surface area contributed by atoms with E-state index in [0.717, 1.165) is 6.42 Å². The van der Waals surface area contributed by atoms with Gasteiger partial charge in [0.25, 0.3) is 5.91 Å². The molecule has 2 atom stereocenters. The lowest BCUT2D eigenvalue weighted by Crippen LogP contribution is -2.55. The molecule has 1 aromatic rings. The van der Waals surface area contributed by atoms with Gasteiger partial charge in [-0.05, 0) is 49.0 Å². The van der Waals surface area contributed by atoms with Gasteiger partial charge in [-0.15, -0.1) is 11.3 Å². The van der Waals surface area contributed by atoms with Crippen molar-refractivity contribution in [1.82, 2.24) is 15.5 Å². The molecule has 0 radical (unpaired) electrons. The fourth-order valence-corrected chi connectivity index (χ4v) is 4.13. The first-order valence-electron chi connectivity index (χ1n) is 10.5. The number of nitrogens with zero attached hydrogens (tertiary/aromatic N) is 1. The largest absolute Gasteiger partial charge is 0.352 e. The van der Waals surface area contributed by atoms with E-state index in [-0.39, 0.29) is 35.1 Å². The summed E-state index contributed by atoms with van der Waals surface area (Å²) in [5.41, 5.74) is -0.0404. The van der Waals surface area contributed by atoms with E-state index in [1.165, 1.54) is 11.3 Å². The molecule has 7 heteroatoms. The van der Waals surface area contributed by atoms with Crippen LogP contribution >= 0.6 is 11.3 Å². The van der Waals surface area contributed by atoms with Crippen molar-refractivity contribution in [2.75, 3.05) is 13.1 Å². The average Bonchev–Trinajstić information content (AvgIpc) is 3.19. The smallest absolute Gasteiger partial charge is 0.262 e. The first-order chi connectivity index (χ1) is 13.6. The fourth-order valence-electron chi connectivity index (χ4n) is 3.50. The molecule has 0 unspecified atom stereocenters. The van der Waals surface area contributed by atoms with Gasteiger partial charge >= 0.3 is 0 Å². The lowest BCUT2D eigenvalue weighted by Gasteiger charge is -2.37. The van der Waals surface area contributed by atoms with Crippen LogP contribution in [-0.4, -0.2) is 47.8 Å². The van der Waals surface area contributed by atoms with E-state index in [4.69, 9.17) is 0 Å². The van der Waals surface area contributed by atoms with Gasteiger partial charge in [-0.3, -0.25) is 14.4 Å². The molecule has 1 fully saturated rings. The Morgan fingerprint density at radius 3 is 2.38 bits per heavy atom. The van der Waals surface area contributed by atoms with E-state index in [0.29, 0.717) is 37.2 Å². The van der Waals surface area contributed by atoms with Crippen molar-refractivity contribution in [2.24, 2.45) is 11.3 Å². The molecule has 6 nitrogen and oxygen atoms in total. The molecule has 1 saturated heterocycles. The van der Waals surface area contributed by atoms with Crippen LogP contribution in [0.4, 0.5) is 0 Å². The molecule has 2 heterocycles. The molecular weight excluding hydrogens is 386 g/mol. The van der Waals surface area contributed by atoms with E-state index < -0.39 is 6.04 Å². The van der Waals surface area contributed by atoms with Crippen molar-refractivity contribution in [3.8, 4) is 0 Å². The number of thiophene rings is 1. The molecule has 2 N–H and O–H groups in total. The monoisotopic (exact) mass is 421 g/mol. The minimum atomic E-state index is -0.585. The van der Waals surface area contributed by atoms with Crippen molar-refractivity contribution in [1.29, 1.82) is 0 Å². The van der Waals surface area contributed by atoms with E-state index in [2.05, 4.69) is 31.4 Å². The molecule has 3 amide bonds. The number of carbonyl (C=O) groups is 3. The third kappa shape index (κ3) is 7.14. The Morgan fingerprint density at radius 2 is 1.86 bits per heavy atom. The molecule has 1 aromatic heterocycles. The molecular formula is C22H35N3O3S. The quantitative estimate of drug-likeness (QED) is 0.708. The maximum atomic E-state index is 12.9. The zero-order valence-electron chi connectivity index (χ0n) is 18.3. The van der Waals surface area contributed by atoms with Crippen molar-refractivity contribution in [2.45, 2.75) is 72.4 Å². The molecule has 0 saturated carbocycles. The van der Waals surface area contributed by atoms with E-state index in [9.17, 15) is 14.4 Å². The summed E-state index contributed by atoms with van der Waals surface area (Å²) in [5, 5.41) is 7.82. The lowest BCUT2D eigenvalue weighted by molar-refractivity contribution is -0.134. The van der Waals surface area contributed by atoms with Crippen LogP contribution in [0.5, 0.6) is 0 Å². The number of piperidine rings is 1. The highest BCUT2D eigenvalue weighted by Crippen LogP contribution is 2.25. The SMILES string of the molecule is CC[C@H](C)NC(=O)[C@@H](NC(=O)c1cccs1)C1CCN(C(=O)CC(C)(C)C)CC1. The topological polar surface area (TPSA) is 78.5 Å². The van der Waals surface area contributed by atoms with Gasteiger partial charge in [0.2, 0.25) is 11.8 Å². The Morgan fingerprint density at radius 1 is 1.21 bits per heavy atom. The first-order valence-corrected chi connectivity index (χ1v) is 11.4. The van der Waals surface area contributed by atoms with Gasteiger partial charge in [0.05, 0.1) is 4.88 Å². The van der Waals surface area contributed by atoms with Crippen LogP contribution < -0.4 is 10.6 Å². The maximum absolute atomic E-state index is 12.9. The summed E-state index contributed by atoms with van der Waals surface area (Å²) in [7, 11) is 0. The van der Waals surface area contributed by atoms with E-state index in [1.54, 1.807) is 6.07 Å². The molecule has 162 valence electrons. The van der Waals surface area contributed by atoms with Gasteiger partial charge in [-0.2, -0.15) is 0 Å². The van der Waals surface area contributed by atoms with Crippen molar-refractivity contribution >= 4 is 29.1 Å². The zero-order chi connectivity index (χ0) is 21.6. The highest BCUT2D eigenvalue weighted by Gasteiger charge is 2.35. The highest BCUT2D eigenvalue weighted by molar-refractivity contribution is 7.12. The Bertz CT molecular complexity index is 689. The number of hydrogen-bond acceptors (Lipinski definition) is 4.